The van der Waals surface area contributed by atoms with Crippen LogP contribution in [0, 0.1) is 5.92 Å². The molecule has 1 fully saturated rings. The minimum Gasteiger partial charge on any atom is -0.494 e. The van der Waals surface area contributed by atoms with Crippen LogP contribution in [0.3, 0.4) is 0 Å². The van der Waals surface area contributed by atoms with Crippen molar-refractivity contribution in [2.45, 2.75) is 32.6 Å². The molecule has 134 valence electrons. The fourth-order valence-electron chi connectivity index (χ4n) is 3.27. The van der Waals surface area contributed by atoms with E-state index in [1.54, 1.807) is 14.2 Å². The van der Waals surface area contributed by atoms with Crippen LogP contribution in [-0.4, -0.2) is 55.9 Å². The van der Waals surface area contributed by atoms with Gasteiger partial charge in [0.1, 0.15) is 5.75 Å². The molecule has 0 unspecified atom stereocenters. The van der Waals surface area contributed by atoms with Crippen LogP contribution in [0.1, 0.15) is 24.5 Å². The lowest BCUT2D eigenvalue weighted by Crippen LogP contribution is -2.28. The van der Waals surface area contributed by atoms with Gasteiger partial charge in [-0.2, -0.15) is 0 Å². The molecule has 0 bridgehead atoms. The number of likely N-dealkylation sites (tertiary alicyclic amines) is 1. The molecule has 1 heterocycles. The molecule has 0 radical (unpaired) electrons. The first-order valence-corrected chi connectivity index (χ1v) is 8.42. The SMILES string of the molecule is CCOc1ccc(CN2C[C@@H](CC(=O)NC)[C@@H](OC)C2)cc1CO. The maximum atomic E-state index is 11.6. The van der Waals surface area contributed by atoms with Crippen molar-refractivity contribution in [1.29, 1.82) is 0 Å². The summed E-state index contributed by atoms with van der Waals surface area (Å²) in [5.41, 5.74) is 1.93. The zero-order chi connectivity index (χ0) is 17.5. The van der Waals surface area contributed by atoms with Crippen LogP contribution in [0.15, 0.2) is 18.2 Å². The van der Waals surface area contributed by atoms with Crippen LogP contribution in [0.2, 0.25) is 0 Å². The lowest BCUT2D eigenvalue weighted by atomic mass is 10.0. The third-order valence-electron chi connectivity index (χ3n) is 4.49. The zero-order valence-corrected chi connectivity index (χ0v) is 14.7. The summed E-state index contributed by atoms with van der Waals surface area (Å²) in [6, 6.07) is 5.92. The summed E-state index contributed by atoms with van der Waals surface area (Å²) in [6.07, 6.45) is 0.554. The molecule has 0 aliphatic carbocycles. The minimum absolute atomic E-state index is 0.0385. The summed E-state index contributed by atoms with van der Waals surface area (Å²) in [7, 11) is 3.36. The normalized spacial score (nSPS) is 21.0. The molecule has 1 aromatic carbocycles. The Morgan fingerprint density at radius 1 is 1.42 bits per heavy atom. The summed E-state index contributed by atoms with van der Waals surface area (Å²) in [6.45, 7) is 4.87. The van der Waals surface area contributed by atoms with E-state index in [0.717, 1.165) is 36.5 Å². The van der Waals surface area contributed by atoms with E-state index in [1.807, 2.05) is 25.1 Å². The van der Waals surface area contributed by atoms with Crippen molar-refractivity contribution in [3.63, 3.8) is 0 Å². The molecule has 1 aliphatic heterocycles. The molecule has 1 amide bonds. The summed E-state index contributed by atoms with van der Waals surface area (Å²) < 4.78 is 11.1. The zero-order valence-electron chi connectivity index (χ0n) is 14.7. The van der Waals surface area contributed by atoms with Gasteiger partial charge in [0, 0.05) is 51.7 Å². The van der Waals surface area contributed by atoms with Gasteiger partial charge in [-0.1, -0.05) is 6.07 Å². The summed E-state index contributed by atoms with van der Waals surface area (Å²) in [5.74, 6) is 0.986. The molecule has 2 N–H and O–H groups in total. The molecule has 24 heavy (non-hydrogen) atoms. The smallest absolute Gasteiger partial charge is 0.220 e. The predicted octanol–water partition coefficient (Wildman–Crippen LogP) is 1.16. The molecule has 2 atom stereocenters. The van der Waals surface area contributed by atoms with E-state index in [2.05, 4.69) is 10.2 Å². The molecule has 1 aliphatic rings. The second kappa shape index (κ2) is 9.01. The number of carbonyl (C=O) groups is 1. The largest absolute Gasteiger partial charge is 0.494 e. The Balaban J connectivity index is 2.02. The van der Waals surface area contributed by atoms with Crippen molar-refractivity contribution < 1.29 is 19.4 Å². The molecule has 0 spiro atoms. The lowest BCUT2D eigenvalue weighted by Gasteiger charge is -2.17. The van der Waals surface area contributed by atoms with Crippen molar-refractivity contribution >= 4 is 5.91 Å². The van der Waals surface area contributed by atoms with Gasteiger partial charge in [-0.15, -0.1) is 0 Å². The van der Waals surface area contributed by atoms with Gasteiger partial charge in [0.25, 0.3) is 0 Å². The lowest BCUT2D eigenvalue weighted by molar-refractivity contribution is -0.122. The Morgan fingerprint density at radius 2 is 2.21 bits per heavy atom. The Hall–Kier alpha value is -1.63. The van der Waals surface area contributed by atoms with E-state index in [0.29, 0.717) is 13.0 Å². The topological polar surface area (TPSA) is 71.0 Å². The summed E-state index contributed by atoms with van der Waals surface area (Å²) >= 11 is 0. The van der Waals surface area contributed by atoms with Crippen molar-refractivity contribution in [2.75, 3.05) is 33.9 Å². The van der Waals surface area contributed by atoms with Gasteiger partial charge in [0.05, 0.1) is 19.3 Å². The third-order valence-corrected chi connectivity index (χ3v) is 4.49. The van der Waals surface area contributed by atoms with Crippen molar-refractivity contribution in [3.05, 3.63) is 29.3 Å². The van der Waals surface area contributed by atoms with Gasteiger partial charge >= 0.3 is 0 Å². The fourth-order valence-corrected chi connectivity index (χ4v) is 3.27. The highest BCUT2D eigenvalue weighted by Crippen LogP contribution is 2.26. The first-order valence-electron chi connectivity index (χ1n) is 8.42. The van der Waals surface area contributed by atoms with E-state index < -0.39 is 0 Å². The summed E-state index contributed by atoms with van der Waals surface area (Å²) in [5, 5.41) is 12.2. The predicted molar refractivity (Wildman–Crippen MR) is 91.8 cm³/mol. The van der Waals surface area contributed by atoms with E-state index >= 15 is 0 Å². The molecular weight excluding hydrogens is 308 g/mol. The van der Waals surface area contributed by atoms with Gasteiger partial charge in [-0.3, -0.25) is 9.69 Å². The molecule has 6 nitrogen and oxygen atoms in total. The molecule has 2 rings (SSSR count). The number of methoxy groups -OCH3 is 1. The van der Waals surface area contributed by atoms with Crippen molar-refractivity contribution in [3.8, 4) is 5.75 Å². The van der Waals surface area contributed by atoms with E-state index in [4.69, 9.17) is 9.47 Å². The Bertz CT molecular complexity index is 550. The van der Waals surface area contributed by atoms with Gasteiger partial charge in [0.2, 0.25) is 5.91 Å². The number of carbonyl (C=O) groups excluding carboxylic acids is 1. The van der Waals surface area contributed by atoms with Crippen molar-refractivity contribution in [1.82, 2.24) is 10.2 Å². The molecule has 6 heteroatoms. The average molecular weight is 336 g/mol. The van der Waals surface area contributed by atoms with Crippen LogP contribution in [0.25, 0.3) is 0 Å². The molecule has 1 aromatic rings. The number of aliphatic hydroxyl groups excluding tert-OH is 1. The highest BCUT2D eigenvalue weighted by molar-refractivity contribution is 5.75. The molecule has 0 aromatic heterocycles. The Kier molecular flexibility index (Phi) is 7.02. The van der Waals surface area contributed by atoms with Crippen molar-refractivity contribution in [2.24, 2.45) is 5.92 Å². The molecule has 0 saturated carbocycles. The van der Waals surface area contributed by atoms with E-state index in [9.17, 15) is 9.90 Å². The highest BCUT2D eigenvalue weighted by Gasteiger charge is 2.34. The average Bonchev–Trinajstić information content (AvgIpc) is 2.97. The number of hydrogen-bond donors (Lipinski definition) is 2. The van der Waals surface area contributed by atoms with Crippen LogP contribution in [0.5, 0.6) is 5.75 Å². The van der Waals surface area contributed by atoms with Gasteiger partial charge in [-0.25, -0.2) is 0 Å². The van der Waals surface area contributed by atoms with Crippen LogP contribution < -0.4 is 10.1 Å². The minimum atomic E-state index is -0.0385. The summed E-state index contributed by atoms with van der Waals surface area (Å²) in [4.78, 5) is 13.9. The Labute approximate surface area is 143 Å². The number of nitrogens with zero attached hydrogens (tertiary/aromatic N) is 1. The second-order valence-corrected chi connectivity index (χ2v) is 6.14. The van der Waals surface area contributed by atoms with Crippen LogP contribution in [0.4, 0.5) is 0 Å². The number of amides is 1. The number of aliphatic hydroxyl groups is 1. The maximum absolute atomic E-state index is 11.6. The van der Waals surface area contributed by atoms with Crippen LogP contribution >= 0.6 is 0 Å². The number of nitrogens with one attached hydrogen (secondary N) is 1. The fraction of sp³-hybridized carbons (Fsp3) is 0.611. The number of rotatable bonds is 8. The van der Waals surface area contributed by atoms with Gasteiger partial charge < -0.3 is 19.9 Å². The first-order chi connectivity index (χ1) is 11.6. The van der Waals surface area contributed by atoms with Crippen LogP contribution in [-0.2, 0) is 22.7 Å². The maximum Gasteiger partial charge on any atom is 0.220 e. The number of hydrogen-bond acceptors (Lipinski definition) is 5. The van der Waals surface area contributed by atoms with E-state index in [1.165, 1.54) is 0 Å². The number of benzene rings is 1. The van der Waals surface area contributed by atoms with E-state index in [-0.39, 0.29) is 24.5 Å². The van der Waals surface area contributed by atoms with Gasteiger partial charge in [-0.05, 0) is 24.6 Å². The first kappa shape index (κ1) is 18.7. The molecular formula is C18H28N2O4. The Morgan fingerprint density at radius 3 is 2.83 bits per heavy atom. The third kappa shape index (κ3) is 4.69. The van der Waals surface area contributed by atoms with Gasteiger partial charge in [0.15, 0.2) is 0 Å². The quantitative estimate of drug-likeness (QED) is 0.745. The highest BCUT2D eigenvalue weighted by atomic mass is 16.5. The standard InChI is InChI=1S/C18H28N2O4/c1-4-24-16-6-5-13(7-15(16)12-21)9-20-10-14(8-18(22)19-2)17(11-20)23-3/h5-7,14,17,21H,4,8-12H2,1-3H3,(H,19,22)/t14-,17+/m1/s1. The number of ether oxygens (including phenoxy) is 2. The second-order valence-electron chi connectivity index (χ2n) is 6.14. The monoisotopic (exact) mass is 336 g/mol. The molecule has 1 saturated heterocycles.